The summed E-state index contributed by atoms with van der Waals surface area (Å²) in [5, 5.41) is 52.3. The molecule has 0 spiro atoms. The molecule has 0 aromatic heterocycles. The number of allylic oxidation sites excluding steroid dienone is 1. The van der Waals surface area contributed by atoms with Crippen molar-refractivity contribution >= 4 is 0 Å². The van der Waals surface area contributed by atoms with E-state index in [9.17, 15) is 25.5 Å². The Kier molecular flexibility index (Phi) is 6.56. The fourth-order valence-electron chi connectivity index (χ4n) is 9.56. The molecule has 0 amide bonds. The van der Waals surface area contributed by atoms with Gasteiger partial charge in [0, 0.05) is 10.8 Å². The first-order valence-electron chi connectivity index (χ1n) is 14.1. The van der Waals surface area contributed by atoms with Gasteiger partial charge in [-0.15, -0.1) is 0 Å². The molecule has 5 N–H and O–H groups in total. The second-order valence-electron chi connectivity index (χ2n) is 14.0. The standard InChI is InChI=1S/C29H48O7/c1-15-11-12-27(4)19-9-7-16-17(29(19,6)20(31)13-28(15,27)5)8-10-21(26(16,2)3)36-25-24(34)23(33)22(32)18(14-30)35-25/h7,15,17-25,30-34H,8-14H2,1-6H3/t15?,17?,18-,19?,20-,21+,22-,23+,24-,25+,27+,28-,29+/m1/s1. The van der Waals surface area contributed by atoms with Gasteiger partial charge in [0.05, 0.1) is 18.8 Å². The summed E-state index contributed by atoms with van der Waals surface area (Å²) in [5.41, 5.74) is 1.12. The Balaban J connectivity index is 1.43. The van der Waals surface area contributed by atoms with Crippen molar-refractivity contribution in [3.05, 3.63) is 11.6 Å². The minimum absolute atomic E-state index is 0.154. The van der Waals surface area contributed by atoms with Crippen LogP contribution in [0.25, 0.3) is 0 Å². The van der Waals surface area contributed by atoms with Crippen molar-refractivity contribution in [3.8, 4) is 0 Å². The van der Waals surface area contributed by atoms with E-state index in [-0.39, 0.29) is 39.8 Å². The van der Waals surface area contributed by atoms with Crippen LogP contribution in [0.3, 0.4) is 0 Å². The molecule has 1 aliphatic heterocycles. The molecule has 3 saturated carbocycles. The lowest BCUT2D eigenvalue weighted by molar-refractivity contribution is -0.320. The largest absolute Gasteiger partial charge is 0.394 e. The molecule has 1 heterocycles. The molecule has 4 aliphatic carbocycles. The van der Waals surface area contributed by atoms with Gasteiger partial charge < -0.3 is 35.0 Å². The Labute approximate surface area is 215 Å². The fraction of sp³-hybridized carbons (Fsp3) is 0.931. The summed E-state index contributed by atoms with van der Waals surface area (Å²) in [6.07, 6.45) is 1.31. The summed E-state index contributed by atoms with van der Waals surface area (Å²) in [6.45, 7) is 13.5. The molecule has 4 fully saturated rings. The molecule has 0 bridgehead atoms. The highest BCUT2D eigenvalue weighted by Crippen LogP contribution is 2.74. The normalized spacial score (nSPS) is 56.4. The van der Waals surface area contributed by atoms with Crippen molar-refractivity contribution < 1.29 is 35.0 Å². The van der Waals surface area contributed by atoms with Gasteiger partial charge in [-0.25, -0.2) is 0 Å². The van der Waals surface area contributed by atoms with E-state index in [1.54, 1.807) is 0 Å². The lowest BCUT2D eigenvalue weighted by atomic mass is 9.38. The van der Waals surface area contributed by atoms with Gasteiger partial charge >= 0.3 is 0 Å². The number of rotatable bonds is 3. The minimum atomic E-state index is -1.45. The van der Waals surface area contributed by atoms with Crippen molar-refractivity contribution in [1.82, 2.24) is 0 Å². The molecule has 206 valence electrons. The summed E-state index contributed by atoms with van der Waals surface area (Å²) in [7, 11) is 0. The molecule has 0 aromatic carbocycles. The lowest BCUT2D eigenvalue weighted by Gasteiger charge is -2.67. The monoisotopic (exact) mass is 508 g/mol. The summed E-state index contributed by atoms with van der Waals surface area (Å²) in [5.74, 6) is 1.30. The number of aliphatic hydroxyl groups excluding tert-OH is 5. The van der Waals surface area contributed by atoms with Crippen molar-refractivity contribution in [2.75, 3.05) is 6.61 Å². The second-order valence-corrected chi connectivity index (χ2v) is 14.0. The van der Waals surface area contributed by atoms with Gasteiger partial charge in [-0.2, -0.15) is 0 Å². The van der Waals surface area contributed by atoms with Gasteiger partial charge in [0.25, 0.3) is 0 Å². The number of hydrogen-bond donors (Lipinski definition) is 5. The van der Waals surface area contributed by atoms with E-state index in [0.29, 0.717) is 11.8 Å². The summed E-state index contributed by atoms with van der Waals surface area (Å²) < 4.78 is 12.0. The number of ether oxygens (including phenoxy) is 2. The Morgan fingerprint density at radius 2 is 1.64 bits per heavy atom. The van der Waals surface area contributed by atoms with Crippen molar-refractivity contribution in [2.45, 2.75) is 123 Å². The SMILES string of the molecule is CC1CC[C@@]2(C)C3CC=C4C(CC[C@H](O[C@@H]5O[C@H](CO)[C@@H](O)[C@H](O)[C@H]5O)C4(C)C)[C@]3(C)[C@H](O)C[C@]12C. The van der Waals surface area contributed by atoms with Crippen LogP contribution >= 0.6 is 0 Å². The maximum absolute atomic E-state index is 11.8. The summed E-state index contributed by atoms with van der Waals surface area (Å²) in [4.78, 5) is 0. The van der Waals surface area contributed by atoms with Crippen molar-refractivity contribution in [3.63, 3.8) is 0 Å². The maximum Gasteiger partial charge on any atom is 0.187 e. The Morgan fingerprint density at radius 3 is 2.31 bits per heavy atom. The number of aliphatic hydroxyl groups is 5. The third-order valence-corrected chi connectivity index (χ3v) is 12.5. The van der Waals surface area contributed by atoms with Gasteiger partial charge in [0.2, 0.25) is 0 Å². The number of fused-ring (bicyclic) bond motifs is 5. The van der Waals surface area contributed by atoms with Crippen LogP contribution in [0.15, 0.2) is 11.6 Å². The molecule has 0 aromatic rings. The van der Waals surface area contributed by atoms with Gasteiger partial charge in [0.1, 0.15) is 24.4 Å². The molecule has 13 atom stereocenters. The highest BCUT2D eigenvalue weighted by Gasteiger charge is 2.69. The molecule has 7 heteroatoms. The van der Waals surface area contributed by atoms with Gasteiger partial charge in [0.15, 0.2) is 6.29 Å². The maximum atomic E-state index is 11.8. The zero-order chi connectivity index (χ0) is 26.4. The van der Waals surface area contributed by atoms with Gasteiger partial charge in [-0.05, 0) is 67.1 Å². The van der Waals surface area contributed by atoms with Crippen molar-refractivity contribution in [1.29, 1.82) is 0 Å². The Bertz CT molecular complexity index is 887. The van der Waals surface area contributed by atoms with E-state index in [0.717, 1.165) is 25.7 Å². The molecule has 0 radical (unpaired) electrons. The van der Waals surface area contributed by atoms with E-state index in [2.05, 4.69) is 47.6 Å². The van der Waals surface area contributed by atoms with Crippen molar-refractivity contribution in [2.24, 2.45) is 39.4 Å². The molecule has 5 rings (SSSR count). The third-order valence-electron chi connectivity index (χ3n) is 12.5. The highest BCUT2D eigenvalue weighted by atomic mass is 16.7. The summed E-state index contributed by atoms with van der Waals surface area (Å²) >= 11 is 0. The lowest BCUT2D eigenvalue weighted by Crippen LogP contribution is -2.64. The average molecular weight is 509 g/mol. The first kappa shape index (κ1) is 27.0. The molecule has 36 heavy (non-hydrogen) atoms. The predicted molar refractivity (Wildman–Crippen MR) is 135 cm³/mol. The van der Waals surface area contributed by atoms with E-state index >= 15 is 0 Å². The van der Waals surface area contributed by atoms with Crippen LogP contribution in [-0.2, 0) is 9.47 Å². The van der Waals surface area contributed by atoms with Crippen LogP contribution in [0.4, 0.5) is 0 Å². The summed E-state index contributed by atoms with van der Waals surface area (Å²) in [6, 6.07) is 0. The predicted octanol–water partition coefficient (Wildman–Crippen LogP) is 2.77. The molecular formula is C29H48O7. The zero-order valence-electron chi connectivity index (χ0n) is 22.9. The zero-order valence-corrected chi connectivity index (χ0v) is 22.9. The second kappa shape index (κ2) is 8.73. The molecule has 3 unspecified atom stereocenters. The molecular weight excluding hydrogens is 460 g/mol. The first-order valence-corrected chi connectivity index (χ1v) is 14.1. The Morgan fingerprint density at radius 1 is 0.944 bits per heavy atom. The van der Waals surface area contributed by atoms with Crippen LogP contribution in [-0.4, -0.2) is 75.1 Å². The third kappa shape index (κ3) is 3.42. The quantitative estimate of drug-likeness (QED) is 0.372. The van der Waals surface area contributed by atoms with Gasteiger partial charge in [-0.1, -0.05) is 53.2 Å². The molecule has 7 nitrogen and oxygen atoms in total. The van der Waals surface area contributed by atoms with Gasteiger partial charge in [-0.3, -0.25) is 0 Å². The van der Waals surface area contributed by atoms with E-state index in [1.807, 2.05) is 0 Å². The van der Waals surface area contributed by atoms with Crippen LogP contribution < -0.4 is 0 Å². The first-order chi connectivity index (χ1) is 16.7. The average Bonchev–Trinajstić information content (AvgIpc) is 3.05. The van der Waals surface area contributed by atoms with Crippen LogP contribution in [0, 0.1) is 39.4 Å². The molecule has 5 aliphatic rings. The van der Waals surface area contributed by atoms with E-state index in [1.165, 1.54) is 18.4 Å². The van der Waals surface area contributed by atoms with E-state index < -0.39 is 37.3 Å². The highest BCUT2D eigenvalue weighted by molar-refractivity contribution is 5.31. The topological polar surface area (TPSA) is 120 Å². The van der Waals surface area contributed by atoms with Crippen LogP contribution in [0.1, 0.15) is 80.1 Å². The van der Waals surface area contributed by atoms with Crippen LogP contribution in [0.2, 0.25) is 0 Å². The van der Waals surface area contributed by atoms with Crippen LogP contribution in [0.5, 0.6) is 0 Å². The minimum Gasteiger partial charge on any atom is -0.394 e. The molecule has 1 saturated heterocycles. The number of hydrogen-bond acceptors (Lipinski definition) is 7. The van der Waals surface area contributed by atoms with E-state index in [4.69, 9.17) is 9.47 Å². The smallest absolute Gasteiger partial charge is 0.187 e. The fourth-order valence-corrected chi connectivity index (χ4v) is 9.56. The Hall–Kier alpha value is -0.540.